The van der Waals surface area contributed by atoms with Gasteiger partial charge < -0.3 is 10.0 Å². The zero-order valence-electron chi connectivity index (χ0n) is 12.5. The van der Waals surface area contributed by atoms with E-state index in [0.717, 1.165) is 10.6 Å². The third-order valence-electron chi connectivity index (χ3n) is 3.14. The average molecular weight is 306 g/mol. The zero-order valence-corrected chi connectivity index (χ0v) is 13.3. The van der Waals surface area contributed by atoms with E-state index in [4.69, 9.17) is 0 Å². The Morgan fingerprint density at radius 1 is 1.43 bits per heavy atom. The van der Waals surface area contributed by atoms with Crippen molar-refractivity contribution < 1.29 is 9.90 Å². The van der Waals surface area contributed by atoms with Gasteiger partial charge in [-0.25, -0.2) is 19.7 Å². The highest BCUT2D eigenvalue weighted by molar-refractivity contribution is 7.09. The average Bonchev–Trinajstić information content (AvgIpc) is 2.83. The number of carboxylic acid groups (broad SMARTS) is 1. The predicted octanol–water partition coefficient (Wildman–Crippen LogP) is 2.70. The molecule has 1 N–H and O–H groups in total. The molecule has 0 radical (unpaired) electrons. The molecule has 21 heavy (non-hydrogen) atoms. The molecule has 0 aliphatic carbocycles. The lowest BCUT2D eigenvalue weighted by atomic mass is 10.2. The summed E-state index contributed by atoms with van der Waals surface area (Å²) in [7, 11) is 1.83. The van der Waals surface area contributed by atoms with Crippen LogP contribution in [0.25, 0.3) is 0 Å². The van der Waals surface area contributed by atoms with Crippen LogP contribution in [-0.4, -0.2) is 33.1 Å². The molecule has 0 saturated carbocycles. The first-order valence-corrected chi connectivity index (χ1v) is 7.48. The number of nitrogens with zero attached hydrogens (tertiary/aromatic N) is 4. The highest BCUT2D eigenvalue weighted by atomic mass is 32.1. The minimum atomic E-state index is -1.04. The fraction of sp³-hybridized carbons (Fsp3) is 0.429. The maximum atomic E-state index is 11.4. The largest absolute Gasteiger partial charge is 0.476 e. The highest BCUT2D eigenvalue weighted by Crippen LogP contribution is 2.23. The van der Waals surface area contributed by atoms with E-state index in [1.807, 2.05) is 32.7 Å². The molecule has 0 saturated heterocycles. The maximum absolute atomic E-state index is 11.4. The number of rotatable bonds is 5. The van der Waals surface area contributed by atoms with Crippen LogP contribution < -0.4 is 4.90 Å². The lowest BCUT2D eigenvalue weighted by molar-refractivity contribution is 0.0690. The molecule has 7 heteroatoms. The summed E-state index contributed by atoms with van der Waals surface area (Å²) in [5, 5.41) is 9.37. The summed E-state index contributed by atoms with van der Waals surface area (Å²) >= 11 is 1.55. The number of aromatic carboxylic acids is 1. The van der Waals surface area contributed by atoms with Gasteiger partial charge in [-0.2, -0.15) is 0 Å². The second-order valence-corrected chi connectivity index (χ2v) is 6.08. The fourth-order valence-corrected chi connectivity index (χ4v) is 2.71. The van der Waals surface area contributed by atoms with Crippen molar-refractivity contribution in [3.63, 3.8) is 0 Å². The van der Waals surface area contributed by atoms with Crippen molar-refractivity contribution in [1.29, 1.82) is 0 Å². The van der Waals surface area contributed by atoms with Crippen LogP contribution in [0.15, 0.2) is 11.7 Å². The minimum absolute atomic E-state index is 0.0402. The summed E-state index contributed by atoms with van der Waals surface area (Å²) in [6.07, 6.45) is 1.59. The van der Waals surface area contributed by atoms with E-state index in [2.05, 4.69) is 15.0 Å². The molecule has 0 spiro atoms. The number of aryl methyl sites for hydroxylation is 1. The van der Waals surface area contributed by atoms with E-state index >= 15 is 0 Å². The molecule has 0 aliphatic rings. The summed E-state index contributed by atoms with van der Waals surface area (Å²) in [5.41, 5.74) is 3.30. The van der Waals surface area contributed by atoms with Gasteiger partial charge in [0, 0.05) is 17.8 Å². The van der Waals surface area contributed by atoms with E-state index in [9.17, 15) is 9.90 Å². The molecule has 0 unspecified atom stereocenters. The van der Waals surface area contributed by atoms with Gasteiger partial charge in [0.05, 0.1) is 29.6 Å². The number of thiazole rings is 1. The molecule has 0 amide bonds. The molecule has 2 aromatic rings. The van der Waals surface area contributed by atoms with Crippen LogP contribution in [0.3, 0.4) is 0 Å². The lowest BCUT2D eigenvalue weighted by Crippen LogP contribution is -2.21. The van der Waals surface area contributed by atoms with Crippen LogP contribution in [0.1, 0.15) is 46.6 Å². The Bertz CT molecular complexity index is 654. The van der Waals surface area contributed by atoms with Gasteiger partial charge in [-0.3, -0.25) is 0 Å². The first kappa shape index (κ1) is 15.4. The standard InChI is InChI=1S/C14H18N4O2S/c1-8(2)13-15-5-10(12(17-13)14(19)20)18(4)6-11-9(3)16-7-21-11/h5,7-8H,6H2,1-4H3,(H,19,20). The lowest BCUT2D eigenvalue weighted by Gasteiger charge is -2.20. The molecule has 2 aromatic heterocycles. The first-order valence-electron chi connectivity index (χ1n) is 6.60. The van der Waals surface area contributed by atoms with Crippen LogP contribution in [0, 0.1) is 6.92 Å². The van der Waals surface area contributed by atoms with E-state index < -0.39 is 5.97 Å². The minimum Gasteiger partial charge on any atom is -0.476 e. The smallest absolute Gasteiger partial charge is 0.356 e. The Balaban J connectivity index is 2.34. The molecule has 0 fully saturated rings. The van der Waals surface area contributed by atoms with Crippen LogP contribution in [0.5, 0.6) is 0 Å². The monoisotopic (exact) mass is 306 g/mol. The second kappa shape index (κ2) is 6.17. The van der Waals surface area contributed by atoms with Crippen molar-refractivity contribution in [3.05, 3.63) is 33.8 Å². The summed E-state index contributed by atoms with van der Waals surface area (Å²) in [6.45, 7) is 6.40. The summed E-state index contributed by atoms with van der Waals surface area (Å²) in [5.74, 6) is -0.410. The highest BCUT2D eigenvalue weighted by Gasteiger charge is 2.19. The quantitative estimate of drug-likeness (QED) is 0.915. The Labute approximate surface area is 127 Å². The van der Waals surface area contributed by atoms with Gasteiger partial charge in [-0.1, -0.05) is 13.8 Å². The third-order valence-corrected chi connectivity index (χ3v) is 4.06. The van der Waals surface area contributed by atoms with E-state index in [1.165, 1.54) is 0 Å². The molecule has 0 aliphatic heterocycles. The van der Waals surface area contributed by atoms with Crippen LogP contribution in [0.2, 0.25) is 0 Å². The van der Waals surface area contributed by atoms with Gasteiger partial charge >= 0.3 is 5.97 Å². The summed E-state index contributed by atoms with van der Waals surface area (Å²) in [4.78, 5) is 27.0. The first-order chi connectivity index (χ1) is 9.90. The molecule has 6 nitrogen and oxygen atoms in total. The molecule has 0 atom stereocenters. The second-order valence-electron chi connectivity index (χ2n) is 5.14. The van der Waals surface area contributed by atoms with Gasteiger partial charge in [0.25, 0.3) is 0 Å². The van der Waals surface area contributed by atoms with Crippen molar-refractivity contribution in [2.75, 3.05) is 11.9 Å². The Morgan fingerprint density at radius 3 is 2.67 bits per heavy atom. The Hall–Kier alpha value is -2.02. The summed E-state index contributed by atoms with van der Waals surface area (Å²) in [6, 6.07) is 0. The van der Waals surface area contributed by atoms with E-state index in [1.54, 1.807) is 23.0 Å². The third kappa shape index (κ3) is 3.36. The van der Waals surface area contributed by atoms with Crippen molar-refractivity contribution >= 4 is 23.0 Å². The van der Waals surface area contributed by atoms with E-state index in [-0.39, 0.29) is 11.6 Å². The van der Waals surface area contributed by atoms with Gasteiger partial charge in [0.2, 0.25) is 0 Å². The number of hydrogen-bond donors (Lipinski definition) is 1. The predicted molar refractivity (Wildman–Crippen MR) is 82.0 cm³/mol. The Morgan fingerprint density at radius 2 is 2.14 bits per heavy atom. The zero-order chi connectivity index (χ0) is 15.6. The maximum Gasteiger partial charge on any atom is 0.356 e. The molecule has 0 aromatic carbocycles. The molecule has 112 valence electrons. The Kier molecular flexibility index (Phi) is 4.52. The number of carbonyl (C=O) groups is 1. The normalized spacial score (nSPS) is 10.9. The van der Waals surface area contributed by atoms with Crippen LogP contribution in [-0.2, 0) is 6.54 Å². The summed E-state index contributed by atoms with van der Waals surface area (Å²) < 4.78 is 0. The number of anilines is 1. The van der Waals surface area contributed by atoms with Crippen LogP contribution in [0.4, 0.5) is 5.69 Å². The molecular weight excluding hydrogens is 288 g/mol. The number of aromatic nitrogens is 3. The topological polar surface area (TPSA) is 79.2 Å². The van der Waals surface area contributed by atoms with E-state index in [0.29, 0.717) is 18.1 Å². The molecule has 2 heterocycles. The van der Waals surface area contributed by atoms with Gasteiger partial charge in [0.15, 0.2) is 5.69 Å². The van der Waals surface area contributed by atoms with Gasteiger partial charge in [0.1, 0.15) is 5.82 Å². The van der Waals surface area contributed by atoms with Gasteiger partial charge in [-0.05, 0) is 6.92 Å². The SMILES string of the molecule is Cc1ncsc1CN(C)c1cnc(C(C)C)nc1C(=O)O. The van der Waals surface area contributed by atoms with Gasteiger partial charge in [-0.15, -0.1) is 11.3 Å². The number of carboxylic acids is 1. The molecule has 2 rings (SSSR count). The van der Waals surface area contributed by atoms with Crippen molar-refractivity contribution in [1.82, 2.24) is 15.0 Å². The molecule has 0 bridgehead atoms. The van der Waals surface area contributed by atoms with Crippen molar-refractivity contribution in [3.8, 4) is 0 Å². The van der Waals surface area contributed by atoms with Crippen molar-refractivity contribution in [2.24, 2.45) is 0 Å². The van der Waals surface area contributed by atoms with Crippen molar-refractivity contribution in [2.45, 2.75) is 33.2 Å². The molecular formula is C14H18N4O2S. The fourth-order valence-electron chi connectivity index (χ4n) is 1.88. The number of hydrogen-bond acceptors (Lipinski definition) is 6. The van der Waals surface area contributed by atoms with Crippen LogP contribution >= 0.6 is 11.3 Å².